The first-order valence-electron chi connectivity index (χ1n) is 10.8. The number of carbonyl (C=O) groups excluding carboxylic acids is 2. The fourth-order valence-electron chi connectivity index (χ4n) is 4.16. The number of fused-ring (bicyclic) bond motifs is 3. The highest BCUT2D eigenvalue weighted by molar-refractivity contribution is 5.86. The normalized spacial score (nSPS) is 12.7. The van der Waals surface area contributed by atoms with Crippen molar-refractivity contribution in [3.63, 3.8) is 0 Å². The van der Waals surface area contributed by atoms with E-state index in [-0.39, 0.29) is 24.9 Å². The van der Waals surface area contributed by atoms with E-state index in [4.69, 9.17) is 15.9 Å². The zero-order valence-corrected chi connectivity index (χ0v) is 18.4. The van der Waals surface area contributed by atoms with Crippen LogP contribution in [0.4, 0.5) is 4.79 Å². The van der Waals surface area contributed by atoms with E-state index >= 15 is 0 Å². The molecular weight excluding hydrogens is 414 g/mol. The van der Waals surface area contributed by atoms with E-state index in [0.717, 1.165) is 16.7 Å². The fourth-order valence-corrected chi connectivity index (χ4v) is 4.16. The Morgan fingerprint density at radius 3 is 2.15 bits per heavy atom. The van der Waals surface area contributed by atoms with Gasteiger partial charge in [0, 0.05) is 5.92 Å². The zero-order valence-electron chi connectivity index (χ0n) is 18.4. The summed E-state index contributed by atoms with van der Waals surface area (Å²) in [6.45, 7) is 1.85. The number of ketones is 1. The van der Waals surface area contributed by atoms with Crippen LogP contribution in [-0.4, -0.2) is 31.1 Å². The topological polar surface area (TPSA) is 64.6 Å². The van der Waals surface area contributed by atoms with Crippen LogP contribution in [0, 0.1) is 12.3 Å². The largest absolute Gasteiger partial charge is 0.481 e. The van der Waals surface area contributed by atoms with Gasteiger partial charge in [0.2, 0.25) is 0 Å². The van der Waals surface area contributed by atoms with Gasteiger partial charge in [-0.15, -0.1) is 6.42 Å². The predicted molar refractivity (Wildman–Crippen MR) is 127 cm³/mol. The van der Waals surface area contributed by atoms with Crippen LogP contribution in [0.3, 0.4) is 0 Å². The summed E-state index contributed by atoms with van der Waals surface area (Å²) in [4.78, 5) is 24.7. The molecule has 1 N–H and O–H groups in total. The van der Waals surface area contributed by atoms with E-state index in [9.17, 15) is 9.59 Å². The molecule has 1 atom stereocenters. The van der Waals surface area contributed by atoms with E-state index in [1.807, 2.05) is 36.4 Å². The summed E-state index contributed by atoms with van der Waals surface area (Å²) in [5.74, 6) is 2.89. The maximum absolute atomic E-state index is 12.6. The highest BCUT2D eigenvalue weighted by atomic mass is 16.5. The van der Waals surface area contributed by atoms with Gasteiger partial charge in [0.1, 0.15) is 19.0 Å². The Morgan fingerprint density at radius 2 is 1.58 bits per heavy atom. The van der Waals surface area contributed by atoms with Crippen molar-refractivity contribution in [2.75, 3.05) is 13.2 Å². The van der Waals surface area contributed by atoms with Crippen LogP contribution in [0.25, 0.3) is 11.1 Å². The summed E-state index contributed by atoms with van der Waals surface area (Å²) >= 11 is 0. The van der Waals surface area contributed by atoms with Gasteiger partial charge in [0.25, 0.3) is 0 Å². The third-order valence-corrected chi connectivity index (χ3v) is 5.81. The number of rotatable bonds is 8. The Balaban J connectivity index is 1.38. The molecule has 0 fully saturated rings. The molecule has 1 aliphatic carbocycles. The summed E-state index contributed by atoms with van der Waals surface area (Å²) in [5, 5.41) is 2.72. The van der Waals surface area contributed by atoms with Crippen molar-refractivity contribution in [3.05, 3.63) is 89.5 Å². The Kier molecular flexibility index (Phi) is 6.75. The molecule has 1 amide bonds. The molecule has 0 heterocycles. The number of amides is 1. The second-order valence-electron chi connectivity index (χ2n) is 7.97. The molecule has 0 aromatic heterocycles. The lowest BCUT2D eigenvalue weighted by Crippen LogP contribution is -2.42. The van der Waals surface area contributed by atoms with Crippen molar-refractivity contribution in [1.82, 2.24) is 5.32 Å². The lowest BCUT2D eigenvalue weighted by Gasteiger charge is -2.18. The number of benzene rings is 3. The van der Waals surface area contributed by atoms with Gasteiger partial charge >= 0.3 is 6.09 Å². The Morgan fingerprint density at radius 1 is 0.970 bits per heavy atom. The number of nitrogens with one attached hydrogen (secondary N) is 1. The highest BCUT2D eigenvalue weighted by Gasteiger charge is 2.29. The van der Waals surface area contributed by atoms with Gasteiger partial charge in [-0.2, -0.15) is 0 Å². The Hall–Kier alpha value is -4.04. The molecule has 3 aromatic carbocycles. The molecule has 0 saturated heterocycles. The van der Waals surface area contributed by atoms with Gasteiger partial charge in [-0.1, -0.05) is 66.6 Å². The summed E-state index contributed by atoms with van der Waals surface area (Å²) in [7, 11) is 0. The van der Waals surface area contributed by atoms with Gasteiger partial charge in [-0.25, -0.2) is 4.79 Å². The highest BCUT2D eigenvalue weighted by Crippen LogP contribution is 2.44. The van der Waals surface area contributed by atoms with E-state index in [1.54, 1.807) is 12.1 Å². The van der Waals surface area contributed by atoms with Crippen molar-refractivity contribution in [3.8, 4) is 29.2 Å². The van der Waals surface area contributed by atoms with Gasteiger partial charge in [-0.3, -0.25) is 4.79 Å². The number of Topliss-reactive ketones (excluding diaryl/α,β-unsaturated/α-hetero) is 1. The average molecular weight is 440 g/mol. The predicted octanol–water partition coefficient (Wildman–Crippen LogP) is 4.74. The Labute approximate surface area is 193 Å². The molecule has 0 spiro atoms. The van der Waals surface area contributed by atoms with Crippen LogP contribution in [0.5, 0.6) is 5.75 Å². The number of hydrogen-bond donors (Lipinski definition) is 1. The smallest absolute Gasteiger partial charge is 0.407 e. The molecule has 0 unspecified atom stereocenters. The summed E-state index contributed by atoms with van der Waals surface area (Å²) in [6, 6.07) is 22.9. The number of alkyl carbamates (subject to hydrolysis) is 1. The molecule has 4 rings (SSSR count). The van der Waals surface area contributed by atoms with Crippen LogP contribution in [0.2, 0.25) is 0 Å². The van der Waals surface area contributed by atoms with Crippen LogP contribution in [0.1, 0.15) is 29.5 Å². The minimum absolute atomic E-state index is 0.0329. The molecule has 5 nitrogen and oxygen atoms in total. The van der Waals surface area contributed by atoms with Crippen LogP contribution < -0.4 is 10.1 Å². The molecule has 0 radical (unpaired) electrons. The number of hydrogen-bond acceptors (Lipinski definition) is 4. The molecule has 166 valence electrons. The van der Waals surface area contributed by atoms with Crippen molar-refractivity contribution in [1.29, 1.82) is 0 Å². The molecule has 1 aliphatic rings. The van der Waals surface area contributed by atoms with E-state index in [2.05, 4.69) is 35.5 Å². The molecule has 0 aliphatic heterocycles. The van der Waals surface area contributed by atoms with Gasteiger partial charge in [0.15, 0.2) is 5.78 Å². The second kappa shape index (κ2) is 10.1. The van der Waals surface area contributed by atoms with Crippen LogP contribution in [0.15, 0.2) is 72.8 Å². The maximum Gasteiger partial charge on any atom is 0.407 e. The Bertz CT molecular complexity index is 1150. The quantitative estimate of drug-likeness (QED) is 0.515. The monoisotopic (exact) mass is 439 g/mol. The average Bonchev–Trinajstić information content (AvgIpc) is 3.15. The summed E-state index contributed by atoms with van der Waals surface area (Å²) < 4.78 is 10.9. The molecule has 0 saturated carbocycles. The number of terminal acetylenes is 1. The SMILES string of the molecule is C#CCOc1ccc(C[C@H](NC(=O)OCC2c3ccccc3-c3ccccc32)C(C)=O)cc1. The zero-order chi connectivity index (χ0) is 23.2. The van der Waals surface area contributed by atoms with Crippen LogP contribution >= 0.6 is 0 Å². The molecule has 0 bridgehead atoms. The van der Waals surface area contributed by atoms with Crippen LogP contribution in [-0.2, 0) is 16.0 Å². The minimum Gasteiger partial charge on any atom is -0.481 e. The van der Waals surface area contributed by atoms with E-state index < -0.39 is 12.1 Å². The lowest BCUT2D eigenvalue weighted by molar-refractivity contribution is -0.118. The first kappa shape index (κ1) is 22.2. The standard InChI is InChI=1S/C28H25NO4/c1-3-16-32-21-14-12-20(13-15-21)17-27(19(2)30)29-28(31)33-18-26-24-10-6-4-8-22(24)23-9-5-7-11-25(23)26/h1,4-15,26-27H,16-18H2,2H3,(H,29,31)/t27-/m0/s1. The maximum atomic E-state index is 12.6. The number of carbonyl (C=O) groups is 2. The van der Waals surface area contributed by atoms with Gasteiger partial charge in [-0.05, 0) is 53.3 Å². The fraction of sp³-hybridized carbons (Fsp3) is 0.214. The van der Waals surface area contributed by atoms with Gasteiger partial charge < -0.3 is 14.8 Å². The molecular formula is C28H25NO4. The van der Waals surface area contributed by atoms with Crippen molar-refractivity contribution in [2.45, 2.75) is 25.3 Å². The lowest BCUT2D eigenvalue weighted by atomic mass is 9.98. The van der Waals surface area contributed by atoms with Gasteiger partial charge in [0.05, 0.1) is 6.04 Å². The third-order valence-electron chi connectivity index (χ3n) is 5.81. The minimum atomic E-state index is -0.682. The molecule has 5 heteroatoms. The summed E-state index contributed by atoms with van der Waals surface area (Å²) in [6.07, 6.45) is 4.95. The third kappa shape index (κ3) is 5.07. The van der Waals surface area contributed by atoms with E-state index in [0.29, 0.717) is 12.2 Å². The van der Waals surface area contributed by atoms with Crippen molar-refractivity contribution < 1.29 is 19.1 Å². The first-order valence-corrected chi connectivity index (χ1v) is 10.8. The second-order valence-corrected chi connectivity index (χ2v) is 7.97. The first-order chi connectivity index (χ1) is 16.1. The van der Waals surface area contributed by atoms with Crippen molar-refractivity contribution in [2.24, 2.45) is 0 Å². The summed E-state index contributed by atoms with van der Waals surface area (Å²) in [5.41, 5.74) is 5.50. The molecule has 3 aromatic rings. The van der Waals surface area contributed by atoms with E-state index in [1.165, 1.54) is 18.1 Å². The van der Waals surface area contributed by atoms with Crippen molar-refractivity contribution >= 4 is 11.9 Å². The molecule has 33 heavy (non-hydrogen) atoms. The number of ether oxygens (including phenoxy) is 2.